The number of thiazole rings is 1. The van der Waals surface area contributed by atoms with Crippen LogP contribution in [0.4, 0.5) is 0 Å². The number of hydrogen-bond acceptors (Lipinski definition) is 8. The maximum Gasteiger partial charge on any atom is 0.161 e. The summed E-state index contributed by atoms with van der Waals surface area (Å²) in [6.45, 7) is 2.16. The van der Waals surface area contributed by atoms with Crippen LogP contribution in [0.2, 0.25) is 0 Å². The molecule has 2 aromatic carbocycles. The van der Waals surface area contributed by atoms with Gasteiger partial charge in [0.2, 0.25) is 0 Å². The molecule has 0 aliphatic carbocycles. The second kappa shape index (κ2) is 8.11. The minimum absolute atomic E-state index is 0.314. The number of methoxy groups -OCH3 is 1. The number of rotatable bonds is 6. The number of nitrogens with zero attached hydrogens (tertiary/aromatic N) is 4. The Hall–Kier alpha value is -3.46. The van der Waals surface area contributed by atoms with E-state index >= 15 is 0 Å². The maximum atomic E-state index is 5.82. The Labute approximate surface area is 177 Å². The van der Waals surface area contributed by atoms with E-state index in [0.717, 1.165) is 57.4 Å². The Bertz CT molecular complexity index is 1200. The van der Waals surface area contributed by atoms with Crippen LogP contribution in [0.3, 0.4) is 0 Å². The van der Waals surface area contributed by atoms with Crippen molar-refractivity contribution >= 4 is 27.4 Å². The van der Waals surface area contributed by atoms with Gasteiger partial charge in [-0.1, -0.05) is 0 Å². The molecule has 30 heavy (non-hydrogen) atoms. The zero-order chi connectivity index (χ0) is 20.3. The van der Waals surface area contributed by atoms with Gasteiger partial charge in [0.25, 0.3) is 0 Å². The number of aromatic nitrogens is 4. The Balaban J connectivity index is 1.42. The Morgan fingerprint density at radius 1 is 1.10 bits per heavy atom. The third-order valence-electron chi connectivity index (χ3n) is 4.81. The average Bonchev–Trinajstić information content (AvgIpc) is 3.47. The van der Waals surface area contributed by atoms with Crippen molar-refractivity contribution in [3.8, 4) is 22.1 Å². The van der Waals surface area contributed by atoms with Gasteiger partial charge in [0.1, 0.15) is 23.1 Å². The highest BCUT2D eigenvalue weighted by molar-refractivity contribution is 7.21. The summed E-state index contributed by atoms with van der Waals surface area (Å²) in [4.78, 5) is 9.39. The zero-order valence-electron chi connectivity index (χ0n) is 16.4. The van der Waals surface area contributed by atoms with E-state index in [1.165, 1.54) is 0 Å². The highest BCUT2D eigenvalue weighted by atomic mass is 32.1. The average molecular weight is 420 g/mol. The molecule has 9 heteroatoms. The van der Waals surface area contributed by atoms with Gasteiger partial charge >= 0.3 is 0 Å². The standard InChI is InChI=1S/C21H20N6O2S/c1-28-18-9-14(4-6-17(18)29-12-15-11-24-27-26-15)21-25-16-5-3-13(10-19(16)30-21)20-22-7-2-8-23-20/h3-6,9-11H,2,7-8,12H2,1H3,(H,22,23)(H,24,26,27). The van der Waals surface area contributed by atoms with Crippen LogP contribution in [-0.4, -0.2) is 46.4 Å². The number of aromatic amines is 1. The van der Waals surface area contributed by atoms with Crippen molar-refractivity contribution in [2.24, 2.45) is 4.99 Å². The van der Waals surface area contributed by atoms with Crippen molar-refractivity contribution in [3.63, 3.8) is 0 Å². The van der Waals surface area contributed by atoms with E-state index in [1.54, 1.807) is 24.6 Å². The third-order valence-corrected chi connectivity index (χ3v) is 5.88. The van der Waals surface area contributed by atoms with E-state index in [9.17, 15) is 0 Å². The number of amidine groups is 1. The first kappa shape index (κ1) is 18.6. The Kier molecular flexibility index (Phi) is 5.02. The SMILES string of the molecule is COc1cc(-c2nc3ccc(C4=NCCCN4)cc3s2)ccc1OCc1cn[nH]n1. The van der Waals surface area contributed by atoms with Crippen molar-refractivity contribution in [2.45, 2.75) is 13.0 Å². The van der Waals surface area contributed by atoms with Crippen LogP contribution >= 0.6 is 11.3 Å². The first-order chi connectivity index (χ1) is 14.8. The maximum absolute atomic E-state index is 5.82. The summed E-state index contributed by atoms with van der Waals surface area (Å²) in [6, 6.07) is 12.1. The summed E-state index contributed by atoms with van der Waals surface area (Å²) in [5.74, 6) is 2.26. The van der Waals surface area contributed by atoms with Gasteiger partial charge < -0.3 is 14.8 Å². The first-order valence-electron chi connectivity index (χ1n) is 9.65. The molecule has 0 saturated carbocycles. The molecule has 0 spiro atoms. The lowest BCUT2D eigenvalue weighted by Gasteiger charge is -2.14. The zero-order valence-corrected chi connectivity index (χ0v) is 17.2. The van der Waals surface area contributed by atoms with Gasteiger partial charge in [0, 0.05) is 24.2 Å². The first-order valence-corrected chi connectivity index (χ1v) is 10.5. The quantitative estimate of drug-likeness (QED) is 0.496. The molecular weight excluding hydrogens is 400 g/mol. The van der Waals surface area contributed by atoms with E-state index in [0.29, 0.717) is 18.1 Å². The summed E-state index contributed by atoms with van der Waals surface area (Å²) < 4.78 is 12.5. The molecule has 8 nitrogen and oxygen atoms in total. The lowest BCUT2D eigenvalue weighted by molar-refractivity contribution is 0.280. The van der Waals surface area contributed by atoms with E-state index in [-0.39, 0.29) is 0 Å². The molecule has 0 atom stereocenters. The molecule has 0 radical (unpaired) electrons. The van der Waals surface area contributed by atoms with Crippen LogP contribution in [0, 0.1) is 0 Å². The van der Waals surface area contributed by atoms with Crippen LogP contribution < -0.4 is 14.8 Å². The molecule has 0 saturated heterocycles. The van der Waals surface area contributed by atoms with Gasteiger partial charge in [-0.3, -0.25) is 4.99 Å². The molecule has 5 rings (SSSR count). The predicted molar refractivity (Wildman–Crippen MR) is 116 cm³/mol. The molecule has 0 amide bonds. The van der Waals surface area contributed by atoms with Crippen LogP contribution in [0.1, 0.15) is 17.7 Å². The summed E-state index contributed by atoms with van der Waals surface area (Å²) >= 11 is 1.65. The minimum Gasteiger partial charge on any atom is -0.493 e. The lowest BCUT2D eigenvalue weighted by Crippen LogP contribution is -2.30. The van der Waals surface area contributed by atoms with Gasteiger partial charge in [0.05, 0.1) is 23.5 Å². The van der Waals surface area contributed by atoms with Crippen LogP contribution in [0.25, 0.3) is 20.8 Å². The van der Waals surface area contributed by atoms with E-state index < -0.39 is 0 Å². The number of benzene rings is 2. The van der Waals surface area contributed by atoms with E-state index in [4.69, 9.17) is 14.5 Å². The summed E-state index contributed by atoms with van der Waals surface area (Å²) in [5, 5.41) is 14.7. The Morgan fingerprint density at radius 2 is 2.03 bits per heavy atom. The fourth-order valence-corrected chi connectivity index (χ4v) is 4.29. The molecule has 0 fully saturated rings. The van der Waals surface area contributed by atoms with Crippen LogP contribution in [0.5, 0.6) is 11.5 Å². The van der Waals surface area contributed by atoms with Gasteiger partial charge in [-0.25, -0.2) is 4.98 Å². The fraction of sp³-hybridized carbons (Fsp3) is 0.238. The van der Waals surface area contributed by atoms with E-state index in [2.05, 4.69) is 43.9 Å². The van der Waals surface area contributed by atoms with E-state index in [1.807, 2.05) is 18.2 Å². The Morgan fingerprint density at radius 3 is 2.83 bits per heavy atom. The highest BCUT2D eigenvalue weighted by Crippen LogP contribution is 2.36. The normalized spacial score (nSPS) is 13.7. The monoisotopic (exact) mass is 420 g/mol. The topological polar surface area (TPSA) is 97.3 Å². The van der Waals surface area contributed by atoms with Gasteiger partial charge in [-0.05, 0) is 42.8 Å². The molecule has 1 aliphatic heterocycles. The molecule has 1 aliphatic rings. The summed E-state index contributed by atoms with van der Waals surface area (Å²) in [6.07, 6.45) is 2.71. The van der Waals surface area contributed by atoms with Crippen molar-refractivity contribution in [1.29, 1.82) is 0 Å². The van der Waals surface area contributed by atoms with Crippen molar-refractivity contribution in [2.75, 3.05) is 20.2 Å². The van der Waals surface area contributed by atoms with Crippen LogP contribution in [0.15, 0.2) is 47.6 Å². The van der Waals surface area contributed by atoms with Crippen molar-refractivity contribution < 1.29 is 9.47 Å². The number of H-pyrrole nitrogens is 1. The highest BCUT2D eigenvalue weighted by Gasteiger charge is 2.13. The summed E-state index contributed by atoms with van der Waals surface area (Å²) in [7, 11) is 1.63. The third kappa shape index (κ3) is 3.71. The molecule has 2 N–H and O–H groups in total. The molecule has 0 bridgehead atoms. The smallest absolute Gasteiger partial charge is 0.161 e. The molecule has 4 aromatic rings. The number of aliphatic imine (C=N–C) groups is 1. The van der Waals surface area contributed by atoms with Crippen LogP contribution in [-0.2, 0) is 6.61 Å². The minimum atomic E-state index is 0.314. The summed E-state index contributed by atoms with van der Waals surface area (Å²) in [5.41, 5.74) is 3.78. The molecule has 2 aromatic heterocycles. The fourth-order valence-electron chi connectivity index (χ4n) is 3.29. The number of fused-ring (bicyclic) bond motifs is 1. The van der Waals surface area contributed by atoms with Gasteiger partial charge in [-0.2, -0.15) is 15.4 Å². The second-order valence-corrected chi connectivity index (χ2v) is 7.86. The van der Waals surface area contributed by atoms with Crippen molar-refractivity contribution in [1.82, 2.24) is 25.7 Å². The predicted octanol–water partition coefficient (Wildman–Crippen LogP) is 3.41. The molecular formula is C21H20N6O2S. The lowest BCUT2D eigenvalue weighted by atomic mass is 10.1. The largest absolute Gasteiger partial charge is 0.493 e. The molecule has 3 heterocycles. The van der Waals surface area contributed by atoms with Crippen molar-refractivity contribution in [3.05, 3.63) is 53.9 Å². The molecule has 152 valence electrons. The number of nitrogens with one attached hydrogen (secondary N) is 2. The number of hydrogen-bond donors (Lipinski definition) is 2. The van der Waals surface area contributed by atoms with Gasteiger partial charge in [0.15, 0.2) is 11.5 Å². The number of ether oxygens (including phenoxy) is 2. The molecule has 0 unspecified atom stereocenters. The van der Waals surface area contributed by atoms with Gasteiger partial charge in [-0.15, -0.1) is 11.3 Å². The second-order valence-electron chi connectivity index (χ2n) is 6.83.